The molecule has 0 radical (unpaired) electrons. The van der Waals surface area contributed by atoms with Gasteiger partial charge in [0.1, 0.15) is 11.6 Å². The van der Waals surface area contributed by atoms with Crippen molar-refractivity contribution in [2.24, 2.45) is 5.92 Å². The lowest BCUT2D eigenvalue weighted by atomic mass is 10.1. The Balaban J connectivity index is 1.67. The van der Waals surface area contributed by atoms with Crippen LogP contribution in [0, 0.1) is 17.6 Å². The highest BCUT2D eigenvalue weighted by atomic mass is 19.1. The van der Waals surface area contributed by atoms with Crippen LogP contribution in [0.2, 0.25) is 0 Å². The van der Waals surface area contributed by atoms with Crippen molar-refractivity contribution in [3.8, 4) is 0 Å². The molecule has 1 N–H and O–H groups in total. The molecule has 1 aliphatic heterocycles. The van der Waals surface area contributed by atoms with Gasteiger partial charge in [-0.3, -0.25) is 4.79 Å². The number of rotatable bonds is 3. The minimum atomic E-state index is -0.580. The Morgan fingerprint density at radius 2 is 2.20 bits per heavy atom. The lowest BCUT2D eigenvalue weighted by Gasteiger charge is -2.24. The molecule has 0 bridgehead atoms. The van der Waals surface area contributed by atoms with Gasteiger partial charge in [-0.25, -0.2) is 8.78 Å². The third-order valence-corrected chi connectivity index (χ3v) is 4.40. The molecule has 1 aromatic rings. The molecule has 3 rings (SSSR count). The highest BCUT2D eigenvalue weighted by Gasteiger charge is 2.47. The van der Waals surface area contributed by atoms with Crippen molar-refractivity contribution in [2.45, 2.75) is 24.8 Å². The molecular weight excluding hydrogens is 262 g/mol. The first kappa shape index (κ1) is 13.5. The minimum absolute atomic E-state index is 0.0763. The second kappa shape index (κ2) is 5.13. The number of hydrogen-bond acceptors (Lipinski definition) is 2. The number of hydrogen-bond donors (Lipinski definition) is 1. The van der Waals surface area contributed by atoms with Crippen LogP contribution in [-0.2, 0) is 4.79 Å². The number of benzene rings is 1. The summed E-state index contributed by atoms with van der Waals surface area (Å²) in [5.41, 5.74) is 0.461. The molecule has 5 heteroatoms. The van der Waals surface area contributed by atoms with E-state index < -0.39 is 11.6 Å². The molecule has 1 saturated heterocycles. The van der Waals surface area contributed by atoms with Crippen molar-refractivity contribution in [3.05, 3.63) is 35.4 Å². The van der Waals surface area contributed by atoms with E-state index >= 15 is 0 Å². The van der Waals surface area contributed by atoms with E-state index in [0.29, 0.717) is 12.0 Å². The third-order valence-electron chi connectivity index (χ3n) is 4.40. The van der Waals surface area contributed by atoms with Gasteiger partial charge >= 0.3 is 0 Å². The maximum absolute atomic E-state index is 13.7. The second-order valence-corrected chi connectivity index (χ2v) is 5.71. The number of halogens is 2. The fourth-order valence-corrected chi connectivity index (χ4v) is 3.03. The lowest BCUT2D eigenvalue weighted by molar-refractivity contribution is -0.133. The summed E-state index contributed by atoms with van der Waals surface area (Å²) in [4.78, 5) is 14.1. The first-order valence-corrected chi connectivity index (χ1v) is 7.00. The van der Waals surface area contributed by atoms with E-state index in [1.807, 2.05) is 7.05 Å². The molecule has 1 aromatic carbocycles. The van der Waals surface area contributed by atoms with E-state index in [1.165, 1.54) is 12.1 Å². The fraction of sp³-hybridized carbons (Fsp3) is 0.533. The van der Waals surface area contributed by atoms with E-state index in [2.05, 4.69) is 5.32 Å². The van der Waals surface area contributed by atoms with Crippen LogP contribution in [-0.4, -0.2) is 37.0 Å². The van der Waals surface area contributed by atoms with Crippen LogP contribution >= 0.6 is 0 Å². The molecule has 1 aliphatic carbocycles. The average molecular weight is 280 g/mol. The Labute approximate surface area is 117 Å². The summed E-state index contributed by atoms with van der Waals surface area (Å²) >= 11 is 0. The van der Waals surface area contributed by atoms with Crippen LogP contribution in [0.25, 0.3) is 0 Å². The minimum Gasteiger partial charge on any atom is -0.341 e. The van der Waals surface area contributed by atoms with Gasteiger partial charge in [0.05, 0.1) is 0 Å². The Bertz CT molecular complexity index is 529. The fourth-order valence-electron chi connectivity index (χ4n) is 3.03. The molecular formula is C15H18F2N2O. The van der Waals surface area contributed by atoms with E-state index in [-0.39, 0.29) is 23.8 Å². The van der Waals surface area contributed by atoms with Crippen LogP contribution in [0.5, 0.6) is 0 Å². The molecule has 1 saturated carbocycles. The van der Waals surface area contributed by atoms with Crippen molar-refractivity contribution < 1.29 is 13.6 Å². The molecule has 3 nitrogen and oxygen atoms in total. The predicted molar refractivity (Wildman–Crippen MR) is 71.3 cm³/mol. The van der Waals surface area contributed by atoms with Gasteiger partial charge in [0.15, 0.2) is 0 Å². The zero-order valence-corrected chi connectivity index (χ0v) is 11.4. The summed E-state index contributed by atoms with van der Waals surface area (Å²) in [6.07, 6.45) is 1.62. The summed E-state index contributed by atoms with van der Waals surface area (Å²) in [6, 6.07) is 3.84. The van der Waals surface area contributed by atoms with Gasteiger partial charge in [0.25, 0.3) is 0 Å². The molecule has 0 spiro atoms. The van der Waals surface area contributed by atoms with Crippen LogP contribution in [0.4, 0.5) is 8.78 Å². The zero-order valence-electron chi connectivity index (χ0n) is 11.4. The maximum Gasteiger partial charge on any atom is 0.226 e. The molecule has 0 aromatic heterocycles. The molecule has 1 amide bonds. The highest BCUT2D eigenvalue weighted by Crippen LogP contribution is 2.49. The van der Waals surface area contributed by atoms with Gasteiger partial charge in [-0.15, -0.1) is 0 Å². The van der Waals surface area contributed by atoms with E-state index in [9.17, 15) is 13.6 Å². The van der Waals surface area contributed by atoms with Crippen LogP contribution in [0.3, 0.4) is 0 Å². The number of carbonyl (C=O) groups is 1. The largest absolute Gasteiger partial charge is 0.341 e. The zero-order chi connectivity index (χ0) is 14.3. The summed E-state index contributed by atoms with van der Waals surface area (Å²) in [7, 11) is 1.82. The van der Waals surface area contributed by atoms with Crippen LogP contribution in [0.15, 0.2) is 18.2 Å². The van der Waals surface area contributed by atoms with E-state index in [0.717, 1.165) is 25.6 Å². The normalized spacial score (nSPS) is 28.4. The van der Waals surface area contributed by atoms with E-state index in [1.54, 1.807) is 4.90 Å². The Hall–Kier alpha value is -1.49. The number of carbonyl (C=O) groups excluding carboxylic acids is 1. The van der Waals surface area contributed by atoms with Crippen molar-refractivity contribution in [1.82, 2.24) is 10.2 Å². The first-order valence-electron chi connectivity index (χ1n) is 7.00. The van der Waals surface area contributed by atoms with E-state index in [4.69, 9.17) is 0 Å². The molecule has 2 fully saturated rings. The van der Waals surface area contributed by atoms with Gasteiger partial charge in [-0.05, 0) is 36.9 Å². The smallest absolute Gasteiger partial charge is 0.226 e. The summed E-state index contributed by atoms with van der Waals surface area (Å²) in [5, 5.41) is 3.23. The Kier molecular flexibility index (Phi) is 3.46. The molecule has 108 valence electrons. The molecule has 2 aliphatic rings. The Morgan fingerprint density at radius 1 is 1.40 bits per heavy atom. The van der Waals surface area contributed by atoms with Crippen molar-refractivity contribution in [3.63, 3.8) is 0 Å². The number of nitrogens with one attached hydrogen (secondary N) is 1. The standard InChI is InChI=1S/C15H18F2N2O/c1-19(10-4-5-18-8-10)15(20)13-7-12(13)11-3-2-9(16)6-14(11)17/h2-3,6,10,12-13,18H,4-5,7-8H2,1H3/t10-,12+,13-/m1/s1. The first-order chi connectivity index (χ1) is 9.58. The molecule has 20 heavy (non-hydrogen) atoms. The summed E-state index contributed by atoms with van der Waals surface area (Å²) in [6.45, 7) is 1.76. The quantitative estimate of drug-likeness (QED) is 0.917. The van der Waals surface area contributed by atoms with Crippen molar-refractivity contribution >= 4 is 5.91 Å². The second-order valence-electron chi connectivity index (χ2n) is 5.71. The number of amides is 1. The van der Waals surface area contributed by atoms with Crippen LogP contribution in [0.1, 0.15) is 24.3 Å². The van der Waals surface area contributed by atoms with Gasteiger partial charge in [0.2, 0.25) is 5.91 Å². The molecule has 0 unspecified atom stereocenters. The highest BCUT2D eigenvalue weighted by molar-refractivity contribution is 5.83. The van der Waals surface area contributed by atoms with Gasteiger partial charge < -0.3 is 10.2 Å². The van der Waals surface area contributed by atoms with Crippen LogP contribution < -0.4 is 5.32 Å². The summed E-state index contributed by atoms with van der Waals surface area (Å²) < 4.78 is 26.6. The Morgan fingerprint density at radius 3 is 2.85 bits per heavy atom. The van der Waals surface area contributed by atoms with Crippen molar-refractivity contribution in [2.75, 3.05) is 20.1 Å². The van der Waals surface area contributed by atoms with Gasteiger partial charge in [-0.2, -0.15) is 0 Å². The number of nitrogens with zero attached hydrogens (tertiary/aromatic N) is 1. The number of likely N-dealkylation sites (N-methyl/N-ethyl adjacent to an activating group) is 1. The SMILES string of the molecule is CN(C(=O)[C@@H]1C[C@H]1c1ccc(F)cc1F)[C@@H]1CCNC1. The molecule has 3 atom stereocenters. The third kappa shape index (κ3) is 2.42. The predicted octanol–water partition coefficient (Wildman–Crippen LogP) is 1.89. The van der Waals surface area contributed by atoms with Gasteiger partial charge in [-0.1, -0.05) is 6.07 Å². The lowest BCUT2D eigenvalue weighted by Crippen LogP contribution is -2.39. The van der Waals surface area contributed by atoms with Crippen molar-refractivity contribution in [1.29, 1.82) is 0 Å². The molecule has 1 heterocycles. The topological polar surface area (TPSA) is 32.3 Å². The average Bonchev–Trinajstić information content (AvgIpc) is 3.00. The van der Waals surface area contributed by atoms with Gasteiger partial charge in [0, 0.05) is 31.6 Å². The maximum atomic E-state index is 13.7. The summed E-state index contributed by atoms with van der Waals surface area (Å²) in [5.74, 6) is -1.30. The monoisotopic (exact) mass is 280 g/mol.